The second-order valence-electron chi connectivity index (χ2n) is 8.85. The summed E-state index contributed by atoms with van der Waals surface area (Å²) in [5, 5.41) is 0. The highest BCUT2D eigenvalue weighted by atomic mass is 15.0. The van der Waals surface area contributed by atoms with E-state index in [1.807, 2.05) is 0 Å². The van der Waals surface area contributed by atoms with E-state index in [0.717, 1.165) is 12.8 Å². The van der Waals surface area contributed by atoms with Crippen molar-refractivity contribution in [3.05, 3.63) is 119 Å². The maximum Gasteiger partial charge on any atom is 0.220 e. The van der Waals surface area contributed by atoms with E-state index in [1.165, 1.54) is 44.7 Å². The van der Waals surface area contributed by atoms with Gasteiger partial charge in [-0.25, -0.2) is 0 Å². The van der Waals surface area contributed by atoms with Gasteiger partial charge in [0.1, 0.15) is 0 Å². The molecule has 0 saturated heterocycles. The Labute approximate surface area is 199 Å². The van der Waals surface area contributed by atoms with Gasteiger partial charge < -0.3 is 0 Å². The Morgan fingerprint density at radius 1 is 0.788 bits per heavy atom. The highest BCUT2D eigenvalue weighted by Crippen LogP contribution is 2.43. The Bertz CT molecular complexity index is 1150. The third-order valence-corrected chi connectivity index (χ3v) is 7.17. The van der Waals surface area contributed by atoms with Crippen LogP contribution in [0.3, 0.4) is 0 Å². The van der Waals surface area contributed by atoms with Crippen molar-refractivity contribution in [3.63, 3.8) is 0 Å². The molecule has 0 bridgehead atoms. The summed E-state index contributed by atoms with van der Waals surface area (Å²) in [6, 6.07) is 26.6. The molecule has 2 unspecified atom stereocenters. The largest absolute Gasteiger partial charge is 0.220 e. The SMILES string of the molecule is C/C=C1\C(=C/C)c2c(C(C)=C(c3ccccc3)c3ccccc3)ccc[n+]2C(CC)C1CC. The van der Waals surface area contributed by atoms with Crippen molar-refractivity contribution in [2.75, 3.05) is 0 Å². The first-order chi connectivity index (χ1) is 16.2. The average molecular weight is 435 g/mol. The van der Waals surface area contributed by atoms with Gasteiger partial charge in [-0.2, -0.15) is 4.57 Å². The number of aromatic nitrogens is 1. The van der Waals surface area contributed by atoms with Gasteiger partial charge in [0.25, 0.3) is 0 Å². The molecule has 2 aromatic carbocycles. The van der Waals surface area contributed by atoms with Crippen LogP contribution in [0.15, 0.2) is 96.7 Å². The smallest absolute Gasteiger partial charge is 0.194 e. The van der Waals surface area contributed by atoms with Gasteiger partial charge in [-0.3, -0.25) is 0 Å². The average Bonchev–Trinajstić information content (AvgIpc) is 2.88. The van der Waals surface area contributed by atoms with Gasteiger partial charge in [-0.1, -0.05) is 86.7 Å². The fourth-order valence-electron chi connectivity index (χ4n) is 5.72. The van der Waals surface area contributed by atoms with Crippen molar-refractivity contribution in [3.8, 4) is 0 Å². The predicted molar refractivity (Wildman–Crippen MR) is 142 cm³/mol. The lowest BCUT2D eigenvalue weighted by atomic mass is 9.76. The summed E-state index contributed by atoms with van der Waals surface area (Å²) in [6.45, 7) is 11.3. The normalized spacial score (nSPS) is 20.0. The molecule has 1 aliphatic rings. The molecule has 2 atom stereocenters. The molecule has 0 spiro atoms. The number of rotatable bonds is 5. The van der Waals surface area contributed by atoms with E-state index in [-0.39, 0.29) is 0 Å². The lowest BCUT2D eigenvalue weighted by molar-refractivity contribution is -0.733. The van der Waals surface area contributed by atoms with E-state index in [1.54, 1.807) is 0 Å². The molecule has 0 N–H and O–H groups in total. The summed E-state index contributed by atoms with van der Waals surface area (Å²) < 4.78 is 2.56. The molecule has 0 aliphatic carbocycles. The molecule has 33 heavy (non-hydrogen) atoms. The van der Waals surface area contributed by atoms with Crippen LogP contribution in [0.25, 0.3) is 16.7 Å². The Morgan fingerprint density at radius 2 is 1.39 bits per heavy atom. The van der Waals surface area contributed by atoms with E-state index < -0.39 is 0 Å². The van der Waals surface area contributed by atoms with Gasteiger partial charge in [0, 0.05) is 24.0 Å². The molecule has 1 aromatic heterocycles. The van der Waals surface area contributed by atoms with Crippen LogP contribution in [-0.2, 0) is 0 Å². The van der Waals surface area contributed by atoms with Crippen molar-refractivity contribution in [1.82, 2.24) is 0 Å². The predicted octanol–water partition coefficient (Wildman–Crippen LogP) is 8.29. The second kappa shape index (κ2) is 10.2. The minimum atomic E-state index is 0.476. The molecule has 0 radical (unpaired) electrons. The number of benzene rings is 2. The molecule has 1 nitrogen and oxygen atoms in total. The highest BCUT2D eigenvalue weighted by Gasteiger charge is 2.41. The first-order valence-corrected chi connectivity index (χ1v) is 12.4. The Kier molecular flexibility index (Phi) is 7.08. The van der Waals surface area contributed by atoms with Crippen LogP contribution in [0.1, 0.15) is 75.9 Å². The molecule has 1 aliphatic heterocycles. The van der Waals surface area contributed by atoms with Gasteiger partial charge in [-0.15, -0.1) is 0 Å². The van der Waals surface area contributed by atoms with Crippen molar-refractivity contribution in [1.29, 1.82) is 0 Å². The van der Waals surface area contributed by atoms with Crippen LogP contribution in [0.2, 0.25) is 0 Å². The summed E-state index contributed by atoms with van der Waals surface area (Å²) in [5.41, 5.74) is 10.7. The minimum absolute atomic E-state index is 0.476. The van der Waals surface area contributed by atoms with Crippen LogP contribution in [0.5, 0.6) is 0 Å². The fraction of sp³-hybridized carbons (Fsp3) is 0.281. The maximum absolute atomic E-state index is 2.56. The number of hydrogen-bond acceptors (Lipinski definition) is 0. The van der Waals surface area contributed by atoms with E-state index in [4.69, 9.17) is 0 Å². The zero-order chi connectivity index (χ0) is 23.4. The molecule has 3 aromatic rings. The molecule has 0 fully saturated rings. The molecular weight excluding hydrogens is 398 g/mol. The second-order valence-corrected chi connectivity index (χ2v) is 8.85. The first-order valence-electron chi connectivity index (χ1n) is 12.4. The monoisotopic (exact) mass is 434 g/mol. The van der Waals surface area contributed by atoms with Crippen molar-refractivity contribution in [2.45, 2.75) is 53.5 Å². The highest BCUT2D eigenvalue weighted by molar-refractivity contribution is 6.00. The first kappa shape index (κ1) is 23.0. The standard InChI is InChI=1S/C32H36N/c1-6-26-27(7-2)30(9-4)33-22-16-21-29(32(33)28(26)8-3)23(5)31(24-17-12-10-13-18-24)25-19-14-11-15-20-25/h6,8,10-22,27,30H,7,9H2,1-5H3/q+1/b26-6-,28-8+. The van der Waals surface area contributed by atoms with Crippen LogP contribution < -0.4 is 4.57 Å². The lowest BCUT2D eigenvalue weighted by Crippen LogP contribution is -2.50. The van der Waals surface area contributed by atoms with Gasteiger partial charge in [0.2, 0.25) is 5.69 Å². The third-order valence-electron chi connectivity index (χ3n) is 7.17. The van der Waals surface area contributed by atoms with E-state index in [0.29, 0.717) is 12.0 Å². The third kappa shape index (κ3) is 4.13. The quantitative estimate of drug-likeness (QED) is 0.356. The zero-order valence-corrected chi connectivity index (χ0v) is 20.7. The number of hydrogen-bond donors (Lipinski definition) is 0. The summed E-state index contributed by atoms with van der Waals surface area (Å²) >= 11 is 0. The molecular formula is C32H36N+. The molecule has 4 rings (SSSR count). The van der Waals surface area contributed by atoms with Crippen molar-refractivity contribution >= 4 is 16.7 Å². The van der Waals surface area contributed by atoms with Crippen LogP contribution in [0, 0.1) is 5.92 Å². The Balaban J connectivity index is 2.05. The van der Waals surface area contributed by atoms with Gasteiger partial charge >= 0.3 is 0 Å². The topological polar surface area (TPSA) is 3.88 Å². The fourth-order valence-corrected chi connectivity index (χ4v) is 5.72. The maximum atomic E-state index is 2.56. The molecule has 168 valence electrons. The van der Waals surface area contributed by atoms with Crippen molar-refractivity contribution in [2.24, 2.45) is 5.92 Å². The zero-order valence-electron chi connectivity index (χ0n) is 20.7. The van der Waals surface area contributed by atoms with Crippen LogP contribution in [0.4, 0.5) is 0 Å². The number of nitrogens with zero attached hydrogens (tertiary/aromatic N) is 1. The van der Waals surface area contributed by atoms with E-state index in [2.05, 4.69) is 130 Å². The number of fused-ring (bicyclic) bond motifs is 1. The van der Waals surface area contributed by atoms with Crippen molar-refractivity contribution < 1.29 is 4.57 Å². The number of pyridine rings is 1. The van der Waals surface area contributed by atoms with Crippen LogP contribution >= 0.6 is 0 Å². The lowest BCUT2D eigenvalue weighted by Gasteiger charge is -2.32. The van der Waals surface area contributed by atoms with Gasteiger partial charge in [0.15, 0.2) is 12.2 Å². The Hall–Kier alpha value is -3.19. The minimum Gasteiger partial charge on any atom is -0.194 e. The van der Waals surface area contributed by atoms with Crippen LogP contribution in [-0.4, -0.2) is 0 Å². The molecule has 0 amide bonds. The number of allylic oxidation sites excluding steroid dienone is 5. The molecule has 2 heterocycles. The van der Waals surface area contributed by atoms with Gasteiger partial charge in [-0.05, 0) is 61.1 Å². The van der Waals surface area contributed by atoms with Gasteiger partial charge in [0.05, 0.1) is 5.56 Å². The molecule has 1 heteroatoms. The molecule has 0 saturated carbocycles. The van der Waals surface area contributed by atoms with E-state index in [9.17, 15) is 0 Å². The Morgan fingerprint density at radius 3 is 1.88 bits per heavy atom. The summed E-state index contributed by atoms with van der Waals surface area (Å²) in [4.78, 5) is 0. The summed E-state index contributed by atoms with van der Waals surface area (Å²) in [5.74, 6) is 0.547. The summed E-state index contributed by atoms with van der Waals surface area (Å²) in [6.07, 6.45) is 9.24. The summed E-state index contributed by atoms with van der Waals surface area (Å²) in [7, 11) is 0. The van der Waals surface area contributed by atoms with E-state index >= 15 is 0 Å².